The fourth-order valence-corrected chi connectivity index (χ4v) is 13.7. The highest BCUT2D eigenvalue weighted by molar-refractivity contribution is 7.98. The third-order valence-electron chi connectivity index (χ3n) is 19.6. The van der Waals surface area contributed by atoms with Crippen LogP contribution in [-0.4, -0.2) is 257 Å². The van der Waals surface area contributed by atoms with Crippen LogP contribution in [-0.2, 0) is 80.0 Å². The van der Waals surface area contributed by atoms with Crippen LogP contribution in [0.1, 0.15) is 167 Å². The Kier molecular flexibility index (Phi) is 45.3. The van der Waals surface area contributed by atoms with E-state index < -0.39 is 162 Å². The first kappa shape index (κ1) is 97.6. The van der Waals surface area contributed by atoms with E-state index in [-0.39, 0.29) is 128 Å². The van der Waals surface area contributed by atoms with Gasteiger partial charge in [0, 0.05) is 45.4 Å². The molecular formula is C77H126N20O17S. The number of aliphatic hydroxyl groups is 1. The van der Waals surface area contributed by atoms with Crippen molar-refractivity contribution in [3.05, 3.63) is 65.7 Å². The van der Waals surface area contributed by atoms with Crippen molar-refractivity contribution in [2.45, 2.75) is 241 Å². The number of hydrogen-bond acceptors (Lipinski definition) is 22. The molecule has 115 heavy (non-hydrogen) atoms. The Morgan fingerprint density at radius 1 is 0.504 bits per heavy atom. The second-order valence-electron chi connectivity index (χ2n) is 29.4. The number of rotatable bonds is 55. The van der Waals surface area contributed by atoms with Crippen LogP contribution in [0.4, 0.5) is 0 Å². The van der Waals surface area contributed by atoms with Gasteiger partial charge in [0.15, 0.2) is 5.96 Å². The van der Waals surface area contributed by atoms with Crippen LogP contribution in [0.2, 0.25) is 0 Å². The summed E-state index contributed by atoms with van der Waals surface area (Å²) in [4.78, 5) is 200. The van der Waals surface area contributed by atoms with Gasteiger partial charge in [-0.2, -0.15) is 11.8 Å². The van der Waals surface area contributed by atoms with Crippen LogP contribution in [0, 0.1) is 5.92 Å². The van der Waals surface area contributed by atoms with Crippen molar-refractivity contribution in [2.24, 2.45) is 45.3 Å². The largest absolute Gasteiger partial charge is 0.508 e. The van der Waals surface area contributed by atoms with Crippen molar-refractivity contribution >= 4 is 100 Å². The summed E-state index contributed by atoms with van der Waals surface area (Å²) in [6.45, 7) is 5.21. The van der Waals surface area contributed by atoms with Crippen molar-refractivity contribution < 1.29 is 82.4 Å². The fraction of sp³-hybridized carbons (Fsp3) is 0.649. The summed E-state index contributed by atoms with van der Waals surface area (Å²) in [6, 6.07) is -0.296. The van der Waals surface area contributed by atoms with Gasteiger partial charge >= 0.3 is 5.97 Å². The Morgan fingerprint density at radius 3 is 1.56 bits per heavy atom. The Morgan fingerprint density at radius 2 is 1.00 bits per heavy atom. The maximum Gasteiger partial charge on any atom is 0.326 e. The van der Waals surface area contributed by atoms with E-state index in [2.05, 4.69) is 63.5 Å². The Labute approximate surface area is 676 Å². The number of likely N-dealkylation sites (tertiary alicyclic amines) is 2. The molecule has 2 aliphatic heterocycles. The highest BCUT2D eigenvalue weighted by Crippen LogP contribution is 2.25. The molecule has 642 valence electrons. The number of phenols is 1. The SMILES string of the molecule is CSCC[C@@H](NC(=O)[C@H]1CCCN1C(=O)[C@H](CCCCN)NC(=O)[C@H](Cc1ccccc1)NC(=O)[C@H](CO)NC(=O)[C@H](Cc1ccc(O)cc1)NC(=O)CCCCCNC(=O)[C@H](CCCCN)NC(=O)CNC(=O)[C@@H](N)CCCCN)C(=O)N1CCC[C@H]1C(=O)N[C@@H](CC(C)C)C(=O)N[C@H](C)C(=O)N[C@@H](CCCN=C(N)N)C(=O)O. The lowest BCUT2D eigenvalue weighted by atomic mass is 10.0. The number of aliphatic imine (C=N–C) groups is 1. The molecule has 0 bridgehead atoms. The summed E-state index contributed by atoms with van der Waals surface area (Å²) in [7, 11) is 0. The van der Waals surface area contributed by atoms with Crippen molar-refractivity contribution in [3.8, 4) is 5.75 Å². The number of carbonyl (C=O) groups is 14. The number of thioether (sulfide) groups is 1. The van der Waals surface area contributed by atoms with Gasteiger partial charge in [-0.3, -0.25) is 67.3 Å². The minimum absolute atomic E-state index is 0.0138. The standard InChI is InChI=1S/C77H126N20O17S/c1-47(2)42-57(68(105)87-48(3)65(102)92-56(76(113)114)25-17-38-85-77(82)83)94-73(110)62-27-19-40-97(62)75(112)55(33-41-115-4)91-72(109)61-26-18-39-96(61)74(111)54(24-12-15-36-80)90-70(107)59(43-49-20-7-5-8-21-49)93-71(108)60(46-98)95-69(106)58(44-50-29-31-51(99)32-30-50)89-63(100)28-9-6-16-37-84-67(104)53(23-11-14-35-79)88-64(101)45-86-66(103)52(81)22-10-13-34-78/h5,7-8,20-21,29-32,47-48,52-62,98-99H,6,9-19,22-28,33-46,78-81H2,1-4H3,(H,84,104)(H,86,103)(H,87,105)(H,88,101)(H,89,100)(H,90,107)(H,91,109)(H,92,102)(H,93,108)(H,94,110)(H,95,106)(H,113,114)(H4,82,83,85)/t48-,52+,53+,54+,55-,56+,57+,58+,59+,60+,61-,62+/m1/s1. The number of aliphatic hydroxyl groups excluding tert-OH is 1. The molecule has 2 aromatic carbocycles. The molecule has 0 aliphatic carbocycles. The molecule has 2 aromatic rings. The molecule has 37 nitrogen and oxygen atoms in total. The first-order valence-electron chi connectivity index (χ1n) is 39.9. The number of benzene rings is 2. The molecule has 4 rings (SSSR count). The summed E-state index contributed by atoms with van der Waals surface area (Å²) in [6.07, 6.45) is 8.18. The molecule has 0 saturated carbocycles. The number of carbonyl (C=O) groups excluding carboxylic acids is 13. The number of hydrogen-bond donors (Lipinski definition) is 20. The summed E-state index contributed by atoms with van der Waals surface area (Å²) < 4.78 is 0. The van der Waals surface area contributed by atoms with E-state index in [1.807, 2.05) is 20.1 Å². The van der Waals surface area contributed by atoms with E-state index in [1.54, 1.807) is 30.3 Å². The normalized spacial score (nSPS) is 16.4. The first-order chi connectivity index (χ1) is 54.9. The van der Waals surface area contributed by atoms with Gasteiger partial charge in [0.2, 0.25) is 76.8 Å². The van der Waals surface area contributed by atoms with Crippen LogP contribution in [0.5, 0.6) is 5.75 Å². The van der Waals surface area contributed by atoms with Gasteiger partial charge < -0.3 is 118 Å². The number of carboxylic acid groups (broad SMARTS) is 1. The zero-order valence-corrected chi connectivity index (χ0v) is 67.6. The molecule has 0 radical (unpaired) electrons. The molecule has 0 unspecified atom stereocenters. The van der Waals surface area contributed by atoms with E-state index >= 15 is 4.79 Å². The molecule has 0 spiro atoms. The molecule has 38 heteroatoms. The van der Waals surface area contributed by atoms with Crippen LogP contribution in [0.25, 0.3) is 0 Å². The fourth-order valence-electron chi connectivity index (χ4n) is 13.2. The maximum atomic E-state index is 15.0. The van der Waals surface area contributed by atoms with Gasteiger partial charge in [0.1, 0.15) is 72.2 Å². The zero-order chi connectivity index (χ0) is 84.9. The highest BCUT2D eigenvalue weighted by Gasteiger charge is 2.43. The first-order valence-corrected chi connectivity index (χ1v) is 41.3. The quantitative estimate of drug-likeness (QED) is 0.0178. The van der Waals surface area contributed by atoms with Crippen LogP contribution < -0.4 is 92.9 Å². The van der Waals surface area contributed by atoms with Crippen molar-refractivity contribution in [1.82, 2.24) is 68.3 Å². The van der Waals surface area contributed by atoms with Gasteiger partial charge in [-0.15, -0.1) is 0 Å². The Hall–Kier alpha value is -9.76. The molecule has 0 aromatic heterocycles. The molecular weight excluding hydrogens is 1510 g/mol. The van der Waals surface area contributed by atoms with Crippen molar-refractivity contribution in [2.75, 3.05) is 71.0 Å². The number of aromatic hydroxyl groups is 1. The number of amides is 13. The third-order valence-corrected chi connectivity index (χ3v) is 20.2. The monoisotopic (exact) mass is 1630 g/mol. The van der Waals surface area contributed by atoms with Gasteiger partial charge in [0.25, 0.3) is 0 Å². The van der Waals surface area contributed by atoms with Crippen LogP contribution in [0.3, 0.4) is 0 Å². The molecule has 2 heterocycles. The minimum atomic E-state index is -1.71. The lowest BCUT2D eigenvalue weighted by Gasteiger charge is -2.32. The lowest BCUT2D eigenvalue weighted by Crippen LogP contribution is -2.61. The molecule has 12 atom stereocenters. The summed E-state index contributed by atoms with van der Waals surface area (Å²) in [5, 5.41) is 59.9. The van der Waals surface area contributed by atoms with E-state index in [4.69, 9.17) is 34.4 Å². The van der Waals surface area contributed by atoms with Crippen LogP contribution >= 0.6 is 11.8 Å². The number of carboxylic acids is 1. The third kappa shape index (κ3) is 35.9. The number of guanidine groups is 1. The maximum absolute atomic E-state index is 15.0. The van der Waals surface area contributed by atoms with E-state index in [0.29, 0.717) is 107 Å². The topological polar surface area (TPSA) is 607 Å². The average molecular weight is 1640 g/mol. The van der Waals surface area contributed by atoms with Gasteiger partial charge in [-0.05, 0) is 183 Å². The Balaban J connectivity index is 1.46. The van der Waals surface area contributed by atoms with Gasteiger partial charge in [-0.1, -0.05) is 69.2 Å². The number of nitrogens with one attached hydrogen (secondary N) is 11. The number of phenolic OH excluding ortho intramolecular Hbond substituents is 1. The van der Waals surface area contributed by atoms with E-state index in [0.717, 1.165) is 0 Å². The average Bonchev–Trinajstić information content (AvgIpc) is 1.70. The predicted molar refractivity (Wildman–Crippen MR) is 433 cm³/mol. The molecule has 2 aliphatic rings. The predicted octanol–water partition coefficient (Wildman–Crippen LogP) is -3.02. The summed E-state index contributed by atoms with van der Waals surface area (Å²) in [5.41, 5.74) is 34.8. The van der Waals surface area contributed by atoms with E-state index in [1.165, 1.54) is 52.8 Å². The Bertz CT molecular complexity index is 3490. The lowest BCUT2D eigenvalue weighted by molar-refractivity contribution is -0.145. The molecule has 2 fully saturated rings. The number of nitrogens with zero attached hydrogens (tertiary/aromatic N) is 3. The van der Waals surface area contributed by atoms with Gasteiger partial charge in [-0.25, -0.2) is 4.79 Å². The highest BCUT2D eigenvalue weighted by atomic mass is 32.2. The molecule has 13 amide bonds. The second kappa shape index (κ2) is 53.4. The van der Waals surface area contributed by atoms with Crippen LogP contribution in [0.15, 0.2) is 59.6 Å². The van der Waals surface area contributed by atoms with Gasteiger partial charge in [0.05, 0.1) is 19.2 Å². The number of aliphatic carboxylic acids is 1. The van der Waals surface area contributed by atoms with E-state index in [9.17, 15) is 77.6 Å². The molecule has 2 saturated heterocycles. The van der Waals surface area contributed by atoms with Crippen molar-refractivity contribution in [3.63, 3.8) is 0 Å². The van der Waals surface area contributed by atoms with Crippen molar-refractivity contribution in [1.29, 1.82) is 0 Å². The molecule has 26 N–H and O–H groups in total. The summed E-state index contributed by atoms with van der Waals surface area (Å²) >= 11 is 1.41. The number of nitrogens with two attached hydrogens (primary N) is 6. The summed E-state index contributed by atoms with van der Waals surface area (Å²) in [5.74, 6) is -10.2. The minimum Gasteiger partial charge on any atom is -0.508 e. The smallest absolute Gasteiger partial charge is 0.326 e. The second-order valence-corrected chi connectivity index (χ2v) is 30.4. The number of unbranched alkanes of at least 4 members (excludes halogenated alkanes) is 5. The zero-order valence-electron chi connectivity index (χ0n) is 66.8.